The van der Waals surface area contributed by atoms with E-state index in [4.69, 9.17) is 0 Å². The zero-order chi connectivity index (χ0) is 11.0. The molecule has 0 saturated carbocycles. The predicted molar refractivity (Wildman–Crippen MR) is 82.2 cm³/mol. The van der Waals surface area contributed by atoms with E-state index in [2.05, 4.69) is 45.9 Å². The van der Waals surface area contributed by atoms with Crippen molar-refractivity contribution in [3.05, 3.63) is 40.5 Å². The molecule has 0 aliphatic heterocycles. The summed E-state index contributed by atoms with van der Waals surface area (Å²) in [6.45, 7) is 8.99. The fourth-order valence-electron chi connectivity index (χ4n) is 2.56. The molecule has 0 aliphatic carbocycles. The molecular weight excluding hydrogens is 342 g/mol. The second-order valence-electron chi connectivity index (χ2n) is 4.48. The molecule has 0 atom stereocenters. The minimum atomic E-state index is 0. The number of hydrogen-bond acceptors (Lipinski definition) is 0. The van der Waals surface area contributed by atoms with Crippen molar-refractivity contribution in [2.75, 3.05) is 0 Å². The van der Waals surface area contributed by atoms with E-state index in [1.165, 1.54) is 40.3 Å². The molecule has 0 saturated heterocycles. The number of fused-ring (bicyclic) bond motifs is 1. The summed E-state index contributed by atoms with van der Waals surface area (Å²) >= 11 is 0. The quantitative estimate of drug-likeness (QED) is 0.637. The fourth-order valence-corrected chi connectivity index (χ4v) is 2.56. The smallest absolute Gasteiger partial charge is 0 e. The Hall–Kier alpha value is 0.293. The summed E-state index contributed by atoms with van der Waals surface area (Å²) in [4.78, 5) is 0. The average Bonchev–Trinajstić information content (AvgIpc) is 2.46. The van der Waals surface area contributed by atoms with Crippen LogP contribution < -0.4 is 0 Å². The molecule has 2 aromatic carbocycles. The molecule has 0 heterocycles. The minimum Gasteiger partial charge on any atom is -0.153 e. The standard InChI is InChI=1S/C15H19.2ClH.Zr/c1-5-7-13-11(3)12(4)14-9-6-8-10(2)15(13)14;;;/h6,8-9H,5,7H2,1-4H3;2*1H;/q-1;;;. The normalized spacial score (nSPS) is 9.33. The first-order chi connectivity index (χ1) is 7.16. The van der Waals surface area contributed by atoms with Crippen LogP contribution in [0, 0.1) is 20.8 Å². The molecule has 2 aromatic rings. The van der Waals surface area contributed by atoms with Crippen LogP contribution in [0.3, 0.4) is 0 Å². The van der Waals surface area contributed by atoms with E-state index < -0.39 is 0 Å². The predicted octanol–water partition coefficient (Wildman–Crippen LogP) is 5.28. The van der Waals surface area contributed by atoms with Crippen LogP contribution in [-0.4, -0.2) is 0 Å². The van der Waals surface area contributed by atoms with Crippen molar-refractivity contribution in [3.8, 4) is 0 Å². The van der Waals surface area contributed by atoms with Crippen LogP contribution in [0.25, 0.3) is 10.8 Å². The molecule has 0 aliphatic rings. The van der Waals surface area contributed by atoms with Crippen molar-refractivity contribution >= 4 is 35.6 Å². The number of rotatable bonds is 2. The van der Waals surface area contributed by atoms with Crippen LogP contribution in [0.2, 0.25) is 0 Å². The largest absolute Gasteiger partial charge is 0.153 e. The molecule has 0 N–H and O–H groups in total. The van der Waals surface area contributed by atoms with Gasteiger partial charge in [-0.3, -0.25) is 0 Å². The Kier molecular flexibility index (Phi) is 9.69. The fraction of sp³-hybridized carbons (Fsp3) is 0.400. The van der Waals surface area contributed by atoms with Crippen molar-refractivity contribution < 1.29 is 26.2 Å². The molecule has 0 spiro atoms. The summed E-state index contributed by atoms with van der Waals surface area (Å²) in [5.74, 6) is 0. The Morgan fingerprint density at radius 2 is 1.67 bits per heavy atom. The van der Waals surface area contributed by atoms with Crippen molar-refractivity contribution in [2.24, 2.45) is 0 Å². The van der Waals surface area contributed by atoms with Gasteiger partial charge in [0.2, 0.25) is 0 Å². The number of halogens is 2. The van der Waals surface area contributed by atoms with Crippen molar-refractivity contribution in [1.82, 2.24) is 0 Å². The van der Waals surface area contributed by atoms with Gasteiger partial charge in [-0.15, -0.1) is 64.4 Å². The summed E-state index contributed by atoms with van der Waals surface area (Å²) in [7, 11) is 0. The Morgan fingerprint density at radius 3 is 2.22 bits per heavy atom. The maximum Gasteiger partial charge on any atom is 0 e. The van der Waals surface area contributed by atoms with Gasteiger partial charge in [-0.05, 0) is 0 Å². The van der Waals surface area contributed by atoms with E-state index in [1.54, 1.807) is 5.56 Å². The van der Waals surface area contributed by atoms with E-state index in [9.17, 15) is 0 Å². The van der Waals surface area contributed by atoms with Crippen LogP contribution in [0.4, 0.5) is 0 Å². The molecule has 0 unspecified atom stereocenters. The molecular formula is C15H21Cl2Zr-. The molecule has 0 aromatic heterocycles. The first-order valence-electron chi connectivity index (χ1n) is 5.80. The van der Waals surface area contributed by atoms with Crippen LogP contribution in [-0.2, 0) is 32.6 Å². The first-order valence-corrected chi connectivity index (χ1v) is 5.80. The molecule has 0 bridgehead atoms. The Morgan fingerprint density at radius 1 is 1.06 bits per heavy atom. The van der Waals surface area contributed by atoms with Crippen LogP contribution in [0.5, 0.6) is 0 Å². The average molecular weight is 363 g/mol. The summed E-state index contributed by atoms with van der Waals surface area (Å²) in [6, 6.07) is 6.64. The van der Waals surface area contributed by atoms with Crippen molar-refractivity contribution in [3.63, 3.8) is 0 Å². The Bertz CT molecular complexity index is 501. The summed E-state index contributed by atoms with van der Waals surface area (Å²) in [5, 5.41) is 2.96. The van der Waals surface area contributed by atoms with Gasteiger partial charge >= 0.3 is 0 Å². The Labute approximate surface area is 142 Å². The zero-order valence-corrected chi connectivity index (χ0v) is 15.6. The van der Waals surface area contributed by atoms with Gasteiger partial charge in [0, 0.05) is 26.2 Å². The number of hydrogen-bond donors (Lipinski definition) is 0. The summed E-state index contributed by atoms with van der Waals surface area (Å²) in [5.41, 5.74) is 5.97. The van der Waals surface area contributed by atoms with Gasteiger partial charge in [0.25, 0.3) is 0 Å². The van der Waals surface area contributed by atoms with Crippen LogP contribution in [0.1, 0.15) is 35.6 Å². The molecule has 0 radical (unpaired) electrons. The molecule has 0 amide bonds. The van der Waals surface area contributed by atoms with Gasteiger partial charge in [0.05, 0.1) is 0 Å². The van der Waals surface area contributed by atoms with Gasteiger partial charge in [0.15, 0.2) is 0 Å². The summed E-state index contributed by atoms with van der Waals surface area (Å²) < 4.78 is 0. The van der Waals surface area contributed by atoms with E-state index in [1.807, 2.05) is 0 Å². The Balaban J connectivity index is 0. The molecule has 3 heteroatoms. The topological polar surface area (TPSA) is 0 Å². The number of aryl methyl sites for hydroxylation is 3. The maximum absolute atomic E-state index is 2.26. The van der Waals surface area contributed by atoms with E-state index >= 15 is 0 Å². The van der Waals surface area contributed by atoms with Crippen LogP contribution in [0.15, 0.2) is 18.2 Å². The zero-order valence-electron chi connectivity index (χ0n) is 11.5. The third kappa shape index (κ3) is 3.44. The second kappa shape index (κ2) is 8.46. The van der Waals surface area contributed by atoms with Crippen LogP contribution >= 0.6 is 24.8 Å². The molecule has 18 heavy (non-hydrogen) atoms. The van der Waals surface area contributed by atoms with Gasteiger partial charge in [-0.2, -0.15) is 5.56 Å². The van der Waals surface area contributed by atoms with Crippen molar-refractivity contribution in [2.45, 2.75) is 40.5 Å². The van der Waals surface area contributed by atoms with Gasteiger partial charge < -0.3 is 0 Å². The van der Waals surface area contributed by atoms with Gasteiger partial charge in [-0.25, -0.2) is 0 Å². The first kappa shape index (κ1) is 20.6. The van der Waals surface area contributed by atoms with Gasteiger partial charge in [0.1, 0.15) is 0 Å². The molecule has 100 valence electrons. The van der Waals surface area contributed by atoms with E-state index in [0.717, 1.165) is 0 Å². The molecule has 0 fully saturated rings. The minimum absolute atomic E-state index is 0. The van der Waals surface area contributed by atoms with Gasteiger partial charge in [-0.1, -0.05) is 46.6 Å². The third-order valence-electron chi connectivity index (χ3n) is 3.49. The molecule has 0 nitrogen and oxygen atoms in total. The van der Waals surface area contributed by atoms with Crippen molar-refractivity contribution in [1.29, 1.82) is 0 Å². The maximum atomic E-state index is 2.26. The number of benzene rings is 1. The molecule has 2 rings (SSSR count). The third-order valence-corrected chi connectivity index (χ3v) is 3.49. The monoisotopic (exact) mass is 361 g/mol. The van der Waals surface area contributed by atoms with E-state index in [0.29, 0.717) is 0 Å². The second-order valence-corrected chi connectivity index (χ2v) is 4.48. The SMILES string of the molecule is CCC[c-]1c(C)c(C)c2cccc(C)c21.Cl.Cl.[Zr]. The van der Waals surface area contributed by atoms with E-state index in [-0.39, 0.29) is 51.0 Å². The summed E-state index contributed by atoms with van der Waals surface area (Å²) in [6.07, 6.45) is 2.44.